The minimum Gasteiger partial charge on any atom is -0.384 e. The van der Waals surface area contributed by atoms with Gasteiger partial charge in [0.1, 0.15) is 0 Å². The van der Waals surface area contributed by atoms with Gasteiger partial charge in [-0.2, -0.15) is 0 Å². The van der Waals surface area contributed by atoms with Gasteiger partial charge in [0.2, 0.25) is 0 Å². The molecule has 90 valence electrons. The molecule has 0 saturated heterocycles. The Hall–Kier alpha value is -2.09. The Balaban J connectivity index is 2.10. The molecule has 18 heavy (non-hydrogen) atoms. The van der Waals surface area contributed by atoms with Gasteiger partial charge in [-0.3, -0.25) is 4.79 Å². The van der Waals surface area contributed by atoms with Crippen LogP contribution in [0.3, 0.4) is 0 Å². The molecule has 0 atom stereocenters. The van der Waals surface area contributed by atoms with Gasteiger partial charge >= 0.3 is 0 Å². The minimum atomic E-state index is 0.102. The molecule has 3 rings (SSSR count). The maximum atomic E-state index is 12.5. The van der Waals surface area contributed by atoms with E-state index in [0.29, 0.717) is 0 Å². The first-order valence-corrected chi connectivity index (χ1v) is 6.23. The molecule has 0 aromatic heterocycles. The number of carbonyl (C=O) groups excluding carboxylic acids is 1. The summed E-state index contributed by atoms with van der Waals surface area (Å²) in [5.74, 6) is 0.102. The van der Waals surface area contributed by atoms with Crippen molar-refractivity contribution in [3.05, 3.63) is 64.7 Å². The van der Waals surface area contributed by atoms with Crippen molar-refractivity contribution in [2.24, 2.45) is 0 Å². The van der Waals surface area contributed by atoms with Crippen LogP contribution in [0.1, 0.15) is 27.0 Å². The van der Waals surface area contributed by atoms with Crippen molar-refractivity contribution in [2.75, 3.05) is 11.9 Å². The van der Waals surface area contributed by atoms with E-state index in [4.69, 9.17) is 0 Å². The number of nitrogens with one attached hydrogen (secondary N) is 1. The standard InChI is InChI=1S/C16H15NO/c1-11-9-13-7-8-17-15(13)14(10-11)16(18)12-5-3-2-4-6-12/h2-6,9-10,17H,7-8H2,1H3. The topological polar surface area (TPSA) is 29.1 Å². The first-order valence-electron chi connectivity index (χ1n) is 6.23. The average Bonchev–Trinajstić information content (AvgIpc) is 2.86. The van der Waals surface area contributed by atoms with E-state index in [9.17, 15) is 4.79 Å². The minimum absolute atomic E-state index is 0.102. The smallest absolute Gasteiger partial charge is 0.195 e. The zero-order chi connectivity index (χ0) is 12.5. The summed E-state index contributed by atoms with van der Waals surface area (Å²) < 4.78 is 0. The number of anilines is 1. The SMILES string of the molecule is Cc1cc2c(c(C(=O)c3ccccc3)c1)NCC2. The van der Waals surface area contributed by atoms with Crippen molar-refractivity contribution in [1.82, 2.24) is 0 Å². The third kappa shape index (κ3) is 1.80. The van der Waals surface area contributed by atoms with Crippen LogP contribution in [0.15, 0.2) is 42.5 Å². The third-order valence-corrected chi connectivity index (χ3v) is 3.34. The Kier molecular flexibility index (Phi) is 2.63. The van der Waals surface area contributed by atoms with Crippen LogP contribution >= 0.6 is 0 Å². The Morgan fingerprint density at radius 2 is 1.94 bits per heavy atom. The van der Waals surface area contributed by atoms with Crippen molar-refractivity contribution >= 4 is 11.5 Å². The van der Waals surface area contributed by atoms with Crippen molar-refractivity contribution in [3.63, 3.8) is 0 Å². The van der Waals surface area contributed by atoms with Gasteiger partial charge in [-0.25, -0.2) is 0 Å². The molecule has 2 nitrogen and oxygen atoms in total. The number of hydrogen-bond donors (Lipinski definition) is 1. The lowest BCUT2D eigenvalue weighted by Gasteiger charge is -2.09. The molecular formula is C16H15NO. The lowest BCUT2D eigenvalue weighted by molar-refractivity contribution is 0.103. The zero-order valence-electron chi connectivity index (χ0n) is 10.4. The molecule has 1 aliphatic heterocycles. The summed E-state index contributed by atoms with van der Waals surface area (Å²) in [6.07, 6.45) is 1.01. The second-order valence-corrected chi connectivity index (χ2v) is 4.72. The van der Waals surface area contributed by atoms with E-state index in [1.165, 1.54) is 5.56 Å². The number of rotatable bonds is 2. The first-order chi connectivity index (χ1) is 8.75. The highest BCUT2D eigenvalue weighted by molar-refractivity contribution is 6.13. The molecule has 0 unspecified atom stereocenters. The summed E-state index contributed by atoms with van der Waals surface area (Å²) in [7, 11) is 0. The summed E-state index contributed by atoms with van der Waals surface area (Å²) in [4.78, 5) is 12.5. The quantitative estimate of drug-likeness (QED) is 0.813. The number of fused-ring (bicyclic) bond motifs is 1. The van der Waals surface area contributed by atoms with Gasteiger partial charge in [0.15, 0.2) is 5.78 Å². The van der Waals surface area contributed by atoms with Gasteiger partial charge in [0.25, 0.3) is 0 Å². The Morgan fingerprint density at radius 1 is 1.17 bits per heavy atom. The van der Waals surface area contributed by atoms with Crippen molar-refractivity contribution < 1.29 is 4.79 Å². The van der Waals surface area contributed by atoms with Crippen molar-refractivity contribution in [2.45, 2.75) is 13.3 Å². The highest BCUT2D eigenvalue weighted by atomic mass is 16.1. The maximum absolute atomic E-state index is 12.5. The van der Waals surface area contributed by atoms with E-state index < -0.39 is 0 Å². The van der Waals surface area contributed by atoms with Gasteiger partial charge in [0.05, 0.1) is 0 Å². The predicted octanol–water partition coefficient (Wildman–Crippen LogP) is 3.19. The fraction of sp³-hybridized carbons (Fsp3) is 0.188. The largest absolute Gasteiger partial charge is 0.384 e. The van der Waals surface area contributed by atoms with Crippen LogP contribution in [0, 0.1) is 6.92 Å². The Labute approximate surface area is 107 Å². The number of benzene rings is 2. The molecule has 2 heteroatoms. The molecule has 2 aromatic carbocycles. The summed E-state index contributed by atoms with van der Waals surface area (Å²) in [5.41, 5.74) is 4.98. The van der Waals surface area contributed by atoms with E-state index in [2.05, 4.69) is 11.4 Å². The maximum Gasteiger partial charge on any atom is 0.195 e. The van der Waals surface area contributed by atoms with Gasteiger partial charge in [-0.05, 0) is 30.5 Å². The number of aryl methyl sites for hydroxylation is 1. The van der Waals surface area contributed by atoms with Crippen LogP contribution in [0.25, 0.3) is 0 Å². The molecule has 0 fully saturated rings. The molecule has 0 radical (unpaired) electrons. The molecule has 0 spiro atoms. The van der Waals surface area contributed by atoms with E-state index in [0.717, 1.165) is 35.3 Å². The molecule has 2 aromatic rings. The van der Waals surface area contributed by atoms with Crippen LogP contribution in [0.4, 0.5) is 5.69 Å². The van der Waals surface area contributed by atoms with Crippen LogP contribution in [-0.2, 0) is 6.42 Å². The van der Waals surface area contributed by atoms with E-state index in [-0.39, 0.29) is 5.78 Å². The van der Waals surface area contributed by atoms with Crippen molar-refractivity contribution in [3.8, 4) is 0 Å². The van der Waals surface area contributed by atoms with Gasteiger partial charge in [-0.1, -0.05) is 36.4 Å². The van der Waals surface area contributed by atoms with Crippen molar-refractivity contribution in [1.29, 1.82) is 0 Å². The van der Waals surface area contributed by atoms with E-state index >= 15 is 0 Å². The summed E-state index contributed by atoms with van der Waals surface area (Å²) in [6, 6.07) is 13.6. The van der Waals surface area contributed by atoms with Crippen LogP contribution < -0.4 is 5.32 Å². The highest BCUT2D eigenvalue weighted by Gasteiger charge is 2.20. The monoisotopic (exact) mass is 237 g/mol. The molecule has 0 bridgehead atoms. The van der Waals surface area contributed by atoms with Crippen LogP contribution in [0.5, 0.6) is 0 Å². The number of ketones is 1. The average molecular weight is 237 g/mol. The molecule has 0 amide bonds. The third-order valence-electron chi connectivity index (χ3n) is 3.34. The fourth-order valence-corrected chi connectivity index (χ4v) is 2.51. The van der Waals surface area contributed by atoms with E-state index in [1.807, 2.05) is 43.3 Å². The molecule has 1 aliphatic rings. The second-order valence-electron chi connectivity index (χ2n) is 4.72. The van der Waals surface area contributed by atoms with Crippen LogP contribution in [0.2, 0.25) is 0 Å². The molecule has 0 aliphatic carbocycles. The van der Waals surface area contributed by atoms with Gasteiger partial charge in [0, 0.05) is 23.4 Å². The molecular weight excluding hydrogens is 222 g/mol. The summed E-state index contributed by atoms with van der Waals surface area (Å²) in [5, 5.41) is 3.33. The Morgan fingerprint density at radius 3 is 2.72 bits per heavy atom. The molecule has 1 N–H and O–H groups in total. The first kappa shape index (κ1) is 11.0. The highest BCUT2D eigenvalue weighted by Crippen LogP contribution is 2.29. The summed E-state index contributed by atoms with van der Waals surface area (Å²) in [6.45, 7) is 2.97. The van der Waals surface area contributed by atoms with Gasteiger partial charge in [-0.15, -0.1) is 0 Å². The van der Waals surface area contributed by atoms with Crippen LogP contribution in [-0.4, -0.2) is 12.3 Å². The zero-order valence-corrected chi connectivity index (χ0v) is 10.4. The lowest BCUT2D eigenvalue weighted by Crippen LogP contribution is -2.05. The number of hydrogen-bond acceptors (Lipinski definition) is 2. The Bertz CT molecular complexity index is 602. The molecule has 1 heterocycles. The predicted molar refractivity (Wildman–Crippen MR) is 73.2 cm³/mol. The molecule has 0 saturated carbocycles. The second kappa shape index (κ2) is 4.30. The fourth-order valence-electron chi connectivity index (χ4n) is 2.51. The lowest BCUT2D eigenvalue weighted by atomic mass is 9.97. The summed E-state index contributed by atoms with van der Waals surface area (Å²) >= 11 is 0. The van der Waals surface area contributed by atoms with Gasteiger partial charge < -0.3 is 5.32 Å². The van der Waals surface area contributed by atoms with E-state index in [1.54, 1.807) is 0 Å². The number of carbonyl (C=O) groups is 1. The normalized spacial score (nSPS) is 12.9.